The molecule has 0 unspecified atom stereocenters. The standard InChI is InChI=1S/C18H18N2O5/c1-23-17(21)14-9-7-13(8-10-14)12-25-16-6-4-3-5-15(16)11-19-20-18(22)24-2/h3-11H,12H2,1-2H3,(H,20,22)/b19-11-. The molecule has 0 aromatic heterocycles. The minimum Gasteiger partial charge on any atom is -0.488 e. The van der Waals surface area contributed by atoms with E-state index >= 15 is 0 Å². The summed E-state index contributed by atoms with van der Waals surface area (Å²) >= 11 is 0. The third kappa shape index (κ3) is 5.35. The van der Waals surface area contributed by atoms with Crippen molar-refractivity contribution in [3.05, 3.63) is 65.2 Å². The topological polar surface area (TPSA) is 86.2 Å². The maximum Gasteiger partial charge on any atom is 0.427 e. The smallest absolute Gasteiger partial charge is 0.427 e. The number of carbonyl (C=O) groups excluding carboxylic acids is 2. The molecule has 0 fully saturated rings. The number of benzene rings is 2. The second-order valence-electron chi connectivity index (χ2n) is 4.88. The van der Waals surface area contributed by atoms with Crippen molar-refractivity contribution in [3.63, 3.8) is 0 Å². The van der Waals surface area contributed by atoms with Crippen LogP contribution in [0.2, 0.25) is 0 Å². The van der Waals surface area contributed by atoms with E-state index in [-0.39, 0.29) is 5.97 Å². The molecule has 0 saturated carbocycles. The van der Waals surface area contributed by atoms with Gasteiger partial charge in [-0.25, -0.2) is 15.0 Å². The summed E-state index contributed by atoms with van der Waals surface area (Å²) in [5.41, 5.74) is 4.29. The van der Waals surface area contributed by atoms with Crippen molar-refractivity contribution in [2.75, 3.05) is 14.2 Å². The normalized spacial score (nSPS) is 10.3. The highest BCUT2D eigenvalue weighted by atomic mass is 16.5. The summed E-state index contributed by atoms with van der Waals surface area (Å²) in [7, 11) is 2.60. The number of amides is 1. The van der Waals surface area contributed by atoms with Gasteiger partial charge in [0.05, 0.1) is 26.0 Å². The Kier molecular flexibility index (Phi) is 6.53. The summed E-state index contributed by atoms with van der Waals surface area (Å²) in [4.78, 5) is 22.4. The van der Waals surface area contributed by atoms with Gasteiger partial charge in [-0.15, -0.1) is 0 Å². The molecule has 1 N–H and O–H groups in total. The van der Waals surface area contributed by atoms with Gasteiger partial charge >= 0.3 is 12.1 Å². The van der Waals surface area contributed by atoms with E-state index in [1.165, 1.54) is 20.4 Å². The lowest BCUT2D eigenvalue weighted by Crippen LogP contribution is -2.16. The van der Waals surface area contributed by atoms with Crippen LogP contribution in [-0.4, -0.2) is 32.5 Å². The van der Waals surface area contributed by atoms with Crippen molar-refractivity contribution in [1.29, 1.82) is 0 Å². The number of hydrazone groups is 1. The highest BCUT2D eigenvalue weighted by Gasteiger charge is 2.06. The Bertz CT molecular complexity index is 756. The first-order valence-corrected chi connectivity index (χ1v) is 7.40. The number of hydrogen-bond acceptors (Lipinski definition) is 6. The molecule has 0 spiro atoms. The van der Waals surface area contributed by atoms with E-state index in [2.05, 4.69) is 20.0 Å². The Morgan fingerprint density at radius 3 is 2.44 bits per heavy atom. The van der Waals surface area contributed by atoms with Gasteiger partial charge < -0.3 is 14.2 Å². The fourth-order valence-corrected chi connectivity index (χ4v) is 1.93. The molecule has 1 amide bonds. The Labute approximate surface area is 145 Å². The fourth-order valence-electron chi connectivity index (χ4n) is 1.93. The largest absolute Gasteiger partial charge is 0.488 e. The molecule has 0 atom stereocenters. The maximum absolute atomic E-state index is 11.4. The quantitative estimate of drug-likeness (QED) is 0.495. The van der Waals surface area contributed by atoms with Crippen molar-refractivity contribution >= 4 is 18.3 Å². The number of nitrogens with one attached hydrogen (secondary N) is 1. The van der Waals surface area contributed by atoms with E-state index in [1.54, 1.807) is 36.4 Å². The summed E-state index contributed by atoms with van der Waals surface area (Å²) < 4.78 is 14.9. The van der Waals surface area contributed by atoms with Gasteiger partial charge in [0.15, 0.2) is 0 Å². The Hall–Kier alpha value is -3.35. The molecule has 0 radical (unpaired) electrons. The number of rotatable bonds is 6. The van der Waals surface area contributed by atoms with Crippen molar-refractivity contribution in [2.24, 2.45) is 5.10 Å². The molecule has 130 valence electrons. The lowest BCUT2D eigenvalue weighted by atomic mass is 10.1. The van der Waals surface area contributed by atoms with Crippen LogP contribution in [0.15, 0.2) is 53.6 Å². The molecule has 0 aliphatic heterocycles. The maximum atomic E-state index is 11.4. The van der Waals surface area contributed by atoms with Gasteiger partial charge in [-0.2, -0.15) is 5.10 Å². The lowest BCUT2D eigenvalue weighted by molar-refractivity contribution is 0.0600. The molecule has 0 saturated heterocycles. The van der Waals surface area contributed by atoms with Crippen LogP contribution in [0.4, 0.5) is 4.79 Å². The molecule has 7 nitrogen and oxygen atoms in total. The Morgan fingerprint density at radius 1 is 1.04 bits per heavy atom. The van der Waals surface area contributed by atoms with E-state index in [0.29, 0.717) is 23.5 Å². The first-order chi connectivity index (χ1) is 12.1. The van der Waals surface area contributed by atoms with Gasteiger partial charge in [-0.3, -0.25) is 0 Å². The first kappa shape index (κ1) is 18.0. The minimum absolute atomic E-state index is 0.316. The van der Waals surface area contributed by atoms with Gasteiger partial charge in [-0.1, -0.05) is 24.3 Å². The number of carbonyl (C=O) groups is 2. The van der Waals surface area contributed by atoms with Crippen LogP contribution in [0.3, 0.4) is 0 Å². The minimum atomic E-state index is -0.652. The van der Waals surface area contributed by atoms with E-state index in [9.17, 15) is 9.59 Å². The molecule has 25 heavy (non-hydrogen) atoms. The molecule has 7 heteroatoms. The third-order valence-corrected chi connectivity index (χ3v) is 3.23. The van der Waals surface area contributed by atoms with Gasteiger partial charge in [0.1, 0.15) is 12.4 Å². The van der Waals surface area contributed by atoms with Crippen LogP contribution in [0.25, 0.3) is 0 Å². The number of hydrogen-bond donors (Lipinski definition) is 1. The Morgan fingerprint density at radius 2 is 1.76 bits per heavy atom. The third-order valence-electron chi connectivity index (χ3n) is 3.23. The summed E-state index contributed by atoms with van der Waals surface area (Å²) in [6, 6.07) is 14.2. The van der Waals surface area contributed by atoms with E-state index in [4.69, 9.17) is 4.74 Å². The SMILES string of the molecule is COC(=O)N/N=C\c1ccccc1OCc1ccc(C(=O)OC)cc1. The zero-order chi connectivity index (χ0) is 18.1. The average molecular weight is 342 g/mol. The van der Waals surface area contributed by atoms with Crippen LogP contribution < -0.4 is 10.2 Å². The number of esters is 1. The molecule has 2 rings (SSSR count). The highest BCUT2D eigenvalue weighted by molar-refractivity contribution is 5.89. The van der Waals surface area contributed by atoms with Gasteiger partial charge in [0, 0.05) is 5.56 Å². The molecule has 2 aromatic rings. The van der Waals surface area contributed by atoms with Crippen molar-refractivity contribution < 1.29 is 23.8 Å². The predicted octanol–water partition coefficient (Wildman–Crippen LogP) is 2.74. The zero-order valence-corrected chi connectivity index (χ0v) is 13.9. The van der Waals surface area contributed by atoms with Crippen molar-refractivity contribution in [1.82, 2.24) is 5.43 Å². The molecule has 0 bridgehead atoms. The molecule has 0 heterocycles. The zero-order valence-electron chi connectivity index (χ0n) is 13.9. The fraction of sp³-hybridized carbons (Fsp3) is 0.167. The summed E-state index contributed by atoms with van der Waals surface area (Å²) in [5, 5.41) is 3.79. The second kappa shape index (κ2) is 9.07. The highest BCUT2D eigenvalue weighted by Crippen LogP contribution is 2.18. The van der Waals surface area contributed by atoms with E-state index in [1.807, 2.05) is 12.1 Å². The van der Waals surface area contributed by atoms with Crippen LogP contribution in [-0.2, 0) is 16.1 Å². The monoisotopic (exact) mass is 342 g/mol. The van der Waals surface area contributed by atoms with Crippen LogP contribution in [0.1, 0.15) is 21.5 Å². The number of methoxy groups -OCH3 is 2. The molecular weight excluding hydrogens is 324 g/mol. The van der Waals surface area contributed by atoms with Crippen LogP contribution >= 0.6 is 0 Å². The van der Waals surface area contributed by atoms with Crippen LogP contribution in [0, 0.1) is 0 Å². The molecule has 0 aliphatic rings. The first-order valence-electron chi connectivity index (χ1n) is 7.40. The van der Waals surface area contributed by atoms with Crippen molar-refractivity contribution in [2.45, 2.75) is 6.61 Å². The molecular formula is C18H18N2O5. The summed E-state index contributed by atoms with van der Waals surface area (Å²) in [5.74, 6) is 0.224. The van der Waals surface area contributed by atoms with E-state index < -0.39 is 6.09 Å². The van der Waals surface area contributed by atoms with Gasteiger partial charge in [-0.05, 0) is 29.8 Å². The average Bonchev–Trinajstić information content (AvgIpc) is 2.66. The molecule has 0 aliphatic carbocycles. The lowest BCUT2D eigenvalue weighted by Gasteiger charge is -2.09. The Balaban J connectivity index is 2.01. The summed E-state index contributed by atoms with van der Waals surface area (Å²) in [6.07, 6.45) is 0.812. The second-order valence-corrected chi connectivity index (χ2v) is 4.88. The number of ether oxygens (including phenoxy) is 3. The van der Waals surface area contributed by atoms with Crippen molar-refractivity contribution in [3.8, 4) is 5.75 Å². The predicted molar refractivity (Wildman–Crippen MR) is 91.7 cm³/mol. The van der Waals surface area contributed by atoms with Crippen LogP contribution in [0.5, 0.6) is 5.75 Å². The molecule has 2 aromatic carbocycles. The van der Waals surface area contributed by atoms with Gasteiger partial charge in [0.2, 0.25) is 0 Å². The number of para-hydroxylation sites is 1. The van der Waals surface area contributed by atoms with Gasteiger partial charge in [0.25, 0.3) is 0 Å². The number of nitrogens with zero attached hydrogens (tertiary/aromatic N) is 1. The van der Waals surface area contributed by atoms with E-state index in [0.717, 1.165) is 5.56 Å². The summed E-state index contributed by atoms with van der Waals surface area (Å²) in [6.45, 7) is 0.316.